The molecule has 2 saturated carbocycles. The first kappa shape index (κ1) is 8.45. The van der Waals surface area contributed by atoms with Crippen LogP contribution in [0.2, 0.25) is 0 Å². The summed E-state index contributed by atoms with van der Waals surface area (Å²) in [5, 5.41) is 0. The number of amides is 1. The van der Waals surface area contributed by atoms with Gasteiger partial charge in [0, 0.05) is 6.04 Å². The minimum atomic E-state index is 0.0822. The zero-order chi connectivity index (χ0) is 9.71. The van der Waals surface area contributed by atoms with E-state index in [1.165, 1.54) is 25.7 Å². The van der Waals surface area contributed by atoms with Crippen LogP contribution < -0.4 is 0 Å². The van der Waals surface area contributed by atoms with Gasteiger partial charge in [0.1, 0.15) is 0 Å². The Bertz CT molecular complexity index is 280. The Balaban J connectivity index is 1.77. The van der Waals surface area contributed by atoms with Crippen molar-refractivity contribution in [3.63, 3.8) is 0 Å². The van der Waals surface area contributed by atoms with Gasteiger partial charge in [0.15, 0.2) is 5.78 Å². The van der Waals surface area contributed by atoms with Gasteiger partial charge in [0.05, 0.1) is 13.0 Å². The second-order valence-corrected chi connectivity index (χ2v) is 4.90. The molecule has 0 aromatic heterocycles. The van der Waals surface area contributed by atoms with Gasteiger partial charge >= 0.3 is 0 Å². The van der Waals surface area contributed by atoms with E-state index < -0.39 is 0 Å². The maximum Gasteiger partial charge on any atom is 0.230 e. The SMILES string of the molecule is O=C1CC(=O)N(C(C2CC2)C2CC2)C1. The maximum atomic E-state index is 11.6. The van der Waals surface area contributed by atoms with Gasteiger partial charge in [-0.1, -0.05) is 0 Å². The number of Topliss-reactive ketones (excluding diaryl/α,β-unsaturated/α-hetero) is 1. The number of carbonyl (C=O) groups is 2. The van der Waals surface area contributed by atoms with Gasteiger partial charge in [-0.15, -0.1) is 0 Å². The summed E-state index contributed by atoms with van der Waals surface area (Å²) in [6, 6.07) is 0.425. The Morgan fingerprint density at radius 2 is 1.64 bits per heavy atom. The lowest BCUT2D eigenvalue weighted by Crippen LogP contribution is -2.39. The molecule has 76 valence electrons. The lowest BCUT2D eigenvalue weighted by Gasteiger charge is -2.27. The predicted molar refractivity (Wildman–Crippen MR) is 50.6 cm³/mol. The summed E-state index contributed by atoms with van der Waals surface area (Å²) in [7, 11) is 0. The molecule has 0 bridgehead atoms. The van der Waals surface area contributed by atoms with Gasteiger partial charge in [0.25, 0.3) is 0 Å². The molecule has 3 nitrogen and oxygen atoms in total. The van der Waals surface area contributed by atoms with Crippen LogP contribution >= 0.6 is 0 Å². The quantitative estimate of drug-likeness (QED) is 0.626. The van der Waals surface area contributed by atoms with Crippen LogP contribution in [0.4, 0.5) is 0 Å². The summed E-state index contributed by atoms with van der Waals surface area (Å²) in [6.07, 6.45) is 5.21. The highest BCUT2D eigenvalue weighted by Crippen LogP contribution is 2.47. The Labute approximate surface area is 83.5 Å². The zero-order valence-corrected chi connectivity index (χ0v) is 8.24. The predicted octanol–water partition coefficient (Wildman–Crippen LogP) is 0.976. The van der Waals surface area contributed by atoms with Crippen LogP contribution in [0, 0.1) is 11.8 Å². The second-order valence-electron chi connectivity index (χ2n) is 4.90. The van der Waals surface area contributed by atoms with Crippen molar-refractivity contribution >= 4 is 11.7 Å². The number of hydrogen-bond acceptors (Lipinski definition) is 2. The lowest BCUT2D eigenvalue weighted by molar-refractivity contribution is -0.130. The molecule has 0 unspecified atom stereocenters. The van der Waals surface area contributed by atoms with Crippen LogP contribution in [-0.4, -0.2) is 29.2 Å². The fourth-order valence-electron chi connectivity index (χ4n) is 2.65. The average Bonchev–Trinajstić information content (AvgIpc) is 2.97. The van der Waals surface area contributed by atoms with Gasteiger partial charge in [-0.3, -0.25) is 9.59 Å². The molecule has 0 N–H and O–H groups in total. The Morgan fingerprint density at radius 1 is 1.07 bits per heavy atom. The van der Waals surface area contributed by atoms with Gasteiger partial charge < -0.3 is 4.90 Å². The molecule has 0 aromatic carbocycles. The second kappa shape index (κ2) is 2.81. The van der Waals surface area contributed by atoms with E-state index in [0.717, 1.165) is 11.8 Å². The first-order valence-electron chi connectivity index (χ1n) is 5.57. The van der Waals surface area contributed by atoms with Crippen molar-refractivity contribution in [1.29, 1.82) is 0 Å². The molecule has 3 heteroatoms. The molecule has 0 radical (unpaired) electrons. The van der Waals surface area contributed by atoms with Crippen molar-refractivity contribution in [2.75, 3.05) is 6.54 Å². The van der Waals surface area contributed by atoms with Gasteiger partial charge in [-0.2, -0.15) is 0 Å². The van der Waals surface area contributed by atoms with Gasteiger partial charge in [-0.05, 0) is 37.5 Å². The Kier molecular flexibility index (Phi) is 1.70. The number of hydrogen-bond donors (Lipinski definition) is 0. The first-order chi connectivity index (χ1) is 6.75. The molecule has 0 atom stereocenters. The van der Waals surface area contributed by atoms with Gasteiger partial charge in [-0.25, -0.2) is 0 Å². The highest BCUT2D eigenvalue weighted by molar-refractivity contribution is 6.05. The van der Waals surface area contributed by atoms with Crippen molar-refractivity contribution in [2.45, 2.75) is 38.1 Å². The van der Waals surface area contributed by atoms with Crippen LogP contribution in [0.5, 0.6) is 0 Å². The first-order valence-corrected chi connectivity index (χ1v) is 5.57. The molecule has 0 spiro atoms. The van der Waals surface area contributed by atoms with Crippen molar-refractivity contribution in [3.05, 3.63) is 0 Å². The molecule has 3 fully saturated rings. The van der Waals surface area contributed by atoms with Crippen LogP contribution in [0.25, 0.3) is 0 Å². The standard InChI is InChI=1S/C11H15NO2/c13-9-5-10(14)12(6-9)11(7-1-2-7)8-3-4-8/h7-8,11H,1-6H2. The largest absolute Gasteiger partial charge is 0.331 e. The molecule has 1 saturated heterocycles. The van der Waals surface area contributed by atoms with Crippen molar-refractivity contribution in [1.82, 2.24) is 4.90 Å². The Morgan fingerprint density at radius 3 is 2.00 bits per heavy atom. The molecule has 14 heavy (non-hydrogen) atoms. The molecular weight excluding hydrogens is 178 g/mol. The molecule has 1 amide bonds. The minimum absolute atomic E-state index is 0.0822. The summed E-state index contributed by atoms with van der Waals surface area (Å²) < 4.78 is 0. The van der Waals surface area contributed by atoms with E-state index in [1.54, 1.807) is 0 Å². The summed E-state index contributed by atoms with van der Waals surface area (Å²) in [5.74, 6) is 1.63. The molecule has 0 aromatic rings. The molecule has 2 aliphatic carbocycles. The lowest BCUT2D eigenvalue weighted by atomic mass is 10.1. The highest BCUT2D eigenvalue weighted by atomic mass is 16.2. The summed E-state index contributed by atoms with van der Waals surface area (Å²) in [4.78, 5) is 24.7. The van der Waals surface area contributed by atoms with Crippen LogP contribution in [0.3, 0.4) is 0 Å². The van der Waals surface area contributed by atoms with E-state index in [4.69, 9.17) is 0 Å². The summed E-state index contributed by atoms with van der Waals surface area (Å²) in [6.45, 7) is 0.399. The summed E-state index contributed by atoms with van der Waals surface area (Å²) in [5.41, 5.74) is 0. The van der Waals surface area contributed by atoms with Crippen molar-refractivity contribution in [2.24, 2.45) is 11.8 Å². The van der Waals surface area contributed by atoms with Gasteiger partial charge in [0.2, 0.25) is 5.91 Å². The normalized spacial score (nSPS) is 27.9. The van der Waals surface area contributed by atoms with Crippen LogP contribution in [0.1, 0.15) is 32.1 Å². The fraction of sp³-hybridized carbons (Fsp3) is 0.818. The zero-order valence-electron chi connectivity index (χ0n) is 8.24. The number of carbonyl (C=O) groups excluding carboxylic acids is 2. The van der Waals surface area contributed by atoms with E-state index in [2.05, 4.69) is 0 Å². The average molecular weight is 193 g/mol. The van der Waals surface area contributed by atoms with Crippen molar-refractivity contribution in [3.8, 4) is 0 Å². The highest BCUT2D eigenvalue weighted by Gasteiger charge is 2.48. The molecule has 1 heterocycles. The third-order valence-corrected chi connectivity index (χ3v) is 3.59. The smallest absolute Gasteiger partial charge is 0.230 e. The summed E-state index contributed by atoms with van der Waals surface area (Å²) >= 11 is 0. The van der Waals surface area contributed by atoms with Crippen molar-refractivity contribution < 1.29 is 9.59 Å². The monoisotopic (exact) mass is 193 g/mol. The van der Waals surface area contributed by atoms with E-state index in [9.17, 15) is 9.59 Å². The van der Waals surface area contributed by atoms with E-state index in [0.29, 0.717) is 12.6 Å². The maximum absolute atomic E-state index is 11.6. The van der Waals surface area contributed by atoms with Crippen LogP contribution in [-0.2, 0) is 9.59 Å². The van der Waals surface area contributed by atoms with E-state index >= 15 is 0 Å². The number of ketones is 1. The fourth-order valence-corrected chi connectivity index (χ4v) is 2.65. The molecule has 1 aliphatic heterocycles. The third kappa shape index (κ3) is 1.35. The number of nitrogens with zero attached hydrogens (tertiary/aromatic N) is 1. The van der Waals surface area contributed by atoms with E-state index in [-0.39, 0.29) is 18.1 Å². The Hall–Kier alpha value is -0.860. The topological polar surface area (TPSA) is 37.4 Å². The number of likely N-dealkylation sites (tertiary alicyclic amines) is 1. The molecule has 3 aliphatic rings. The van der Waals surface area contributed by atoms with Crippen LogP contribution in [0.15, 0.2) is 0 Å². The molecule has 3 rings (SSSR count). The third-order valence-electron chi connectivity index (χ3n) is 3.59. The minimum Gasteiger partial charge on any atom is -0.331 e. The molecular formula is C11H15NO2. The number of rotatable bonds is 3. The van der Waals surface area contributed by atoms with E-state index in [1.807, 2.05) is 4.90 Å².